The van der Waals surface area contributed by atoms with Crippen molar-refractivity contribution in [2.24, 2.45) is 5.92 Å². The largest absolute Gasteiger partial charge is 0.393 e. The Morgan fingerprint density at radius 3 is 2.76 bits per heavy atom. The molecule has 0 bridgehead atoms. The van der Waals surface area contributed by atoms with Gasteiger partial charge in [0, 0.05) is 30.9 Å². The quantitative estimate of drug-likeness (QED) is 0.756. The Labute approximate surface area is 148 Å². The van der Waals surface area contributed by atoms with Gasteiger partial charge in [-0.15, -0.1) is 0 Å². The number of aliphatic hydroxyl groups excluding tert-OH is 1. The summed E-state index contributed by atoms with van der Waals surface area (Å²) in [5, 5.41) is 16.3. The van der Waals surface area contributed by atoms with E-state index in [1.165, 1.54) is 6.42 Å². The Balaban J connectivity index is 1.54. The lowest BCUT2D eigenvalue weighted by Gasteiger charge is -2.28. The Morgan fingerprint density at radius 1 is 1.16 bits per heavy atom. The molecule has 25 heavy (non-hydrogen) atoms. The van der Waals surface area contributed by atoms with Crippen LogP contribution in [0.1, 0.15) is 41.7 Å². The molecule has 1 saturated carbocycles. The molecule has 1 fully saturated rings. The van der Waals surface area contributed by atoms with E-state index in [2.05, 4.69) is 15.6 Å². The van der Waals surface area contributed by atoms with Gasteiger partial charge in [-0.3, -0.25) is 9.78 Å². The van der Waals surface area contributed by atoms with Crippen molar-refractivity contribution in [3.8, 4) is 0 Å². The molecular weight excluding hydrogens is 314 g/mol. The first-order valence-corrected chi connectivity index (χ1v) is 8.92. The minimum absolute atomic E-state index is 0.190. The summed E-state index contributed by atoms with van der Waals surface area (Å²) in [6, 6.07) is 13.4. The summed E-state index contributed by atoms with van der Waals surface area (Å²) >= 11 is 0. The smallest absolute Gasteiger partial charge is 0.270 e. The molecule has 0 aliphatic heterocycles. The molecule has 1 aliphatic rings. The molecule has 2 unspecified atom stereocenters. The maximum absolute atomic E-state index is 12.3. The van der Waals surface area contributed by atoms with Gasteiger partial charge in [-0.2, -0.15) is 0 Å². The number of rotatable bonds is 6. The van der Waals surface area contributed by atoms with Crippen LogP contribution in [0, 0.1) is 5.92 Å². The van der Waals surface area contributed by atoms with Crippen molar-refractivity contribution in [3.63, 3.8) is 0 Å². The van der Waals surface area contributed by atoms with Gasteiger partial charge in [-0.25, -0.2) is 0 Å². The van der Waals surface area contributed by atoms with Gasteiger partial charge in [-0.05, 0) is 30.5 Å². The van der Waals surface area contributed by atoms with Gasteiger partial charge in [0.05, 0.1) is 6.10 Å². The molecule has 1 aromatic heterocycles. The Kier molecular flexibility index (Phi) is 6.01. The van der Waals surface area contributed by atoms with Gasteiger partial charge >= 0.3 is 0 Å². The van der Waals surface area contributed by atoms with Crippen LogP contribution < -0.4 is 10.6 Å². The molecule has 3 rings (SSSR count). The molecule has 1 heterocycles. The number of hydrogen-bond acceptors (Lipinski definition) is 4. The van der Waals surface area contributed by atoms with Gasteiger partial charge in [-0.1, -0.05) is 43.2 Å². The second-order valence-corrected chi connectivity index (χ2v) is 6.59. The number of carbonyl (C=O) groups excluding carboxylic acids is 1. The number of pyridine rings is 1. The van der Waals surface area contributed by atoms with E-state index in [0.717, 1.165) is 37.1 Å². The highest BCUT2D eigenvalue weighted by Crippen LogP contribution is 2.24. The van der Waals surface area contributed by atoms with Crippen LogP contribution in [0.3, 0.4) is 0 Å². The van der Waals surface area contributed by atoms with E-state index in [1.807, 2.05) is 36.4 Å². The van der Waals surface area contributed by atoms with Crippen molar-refractivity contribution in [1.29, 1.82) is 0 Å². The number of carbonyl (C=O) groups is 1. The van der Waals surface area contributed by atoms with Crippen LogP contribution in [0.15, 0.2) is 48.7 Å². The predicted molar refractivity (Wildman–Crippen MR) is 98.3 cm³/mol. The zero-order chi connectivity index (χ0) is 17.5. The van der Waals surface area contributed by atoms with Gasteiger partial charge in [0.25, 0.3) is 5.91 Å². The number of amides is 1. The third-order valence-electron chi connectivity index (χ3n) is 4.73. The number of aliphatic hydroxyl groups is 1. The predicted octanol–water partition coefficient (Wildman–Crippen LogP) is 2.97. The van der Waals surface area contributed by atoms with Gasteiger partial charge in [0.1, 0.15) is 5.69 Å². The molecule has 0 spiro atoms. The maximum atomic E-state index is 12.3. The van der Waals surface area contributed by atoms with E-state index in [9.17, 15) is 9.90 Å². The first-order chi connectivity index (χ1) is 12.2. The van der Waals surface area contributed by atoms with Gasteiger partial charge in [0.15, 0.2) is 0 Å². The highest BCUT2D eigenvalue weighted by atomic mass is 16.3. The SMILES string of the molecule is O=C(NCc1ccccc1)c1cc(NCC2CCCCC2O)ccn1. The van der Waals surface area contributed by atoms with Crippen molar-refractivity contribution in [2.75, 3.05) is 11.9 Å². The summed E-state index contributed by atoms with van der Waals surface area (Å²) in [4.78, 5) is 16.4. The minimum Gasteiger partial charge on any atom is -0.393 e. The third kappa shape index (κ3) is 5.03. The van der Waals surface area contributed by atoms with Crippen LogP contribution in [0.4, 0.5) is 5.69 Å². The average molecular weight is 339 g/mol. The Bertz CT molecular complexity index is 690. The molecule has 2 atom stereocenters. The highest BCUT2D eigenvalue weighted by molar-refractivity contribution is 5.93. The highest BCUT2D eigenvalue weighted by Gasteiger charge is 2.22. The zero-order valence-electron chi connectivity index (χ0n) is 14.3. The van der Waals surface area contributed by atoms with Crippen LogP contribution in [-0.2, 0) is 6.54 Å². The monoisotopic (exact) mass is 339 g/mol. The number of nitrogens with zero attached hydrogens (tertiary/aromatic N) is 1. The molecule has 5 heteroatoms. The lowest BCUT2D eigenvalue weighted by molar-refractivity contribution is 0.0763. The lowest BCUT2D eigenvalue weighted by Crippen LogP contribution is -2.30. The summed E-state index contributed by atoms with van der Waals surface area (Å²) in [7, 11) is 0. The van der Waals surface area contributed by atoms with Crippen molar-refractivity contribution >= 4 is 11.6 Å². The summed E-state index contributed by atoms with van der Waals surface area (Å²) in [5.74, 6) is 0.0856. The molecule has 132 valence electrons. The fraction of sp³-hybridized carbons (Fsp3) is 0.400. The van der Waals surface area contributed by atoms with Crippen LogP contribution in [0.5, 0.6) is 0 Å². The van der Waals surface area contributed by atoms with Crippen LogP contribution in [0.2, 0.25) is 0 Å². The van der Waals surface area contributed by atoms with E-state index in [0.29, 0.717) is 12.2 Å². The molecule has 2 aromatic rings. The normalized spacial score (nSPS) is 20.0. The van der Waals surface area contributed by atoms with Crippen molar-refractivity contribution < 1.29 is 9.90 Å². The maximum Gasteiger partial charge on any atom is 0.270 e. The standard InChI is InChI=1S/C20H25N3O2/c24-19-9-5-4-8-16(19)14-22-17-10-11-21-18(12-17)20(25)23-13-15-6-2-1-3-7-15/h1-3,6-7,10-12,16,19,24H,4-5,8-9,13-14H2,(H,21,22)(H,23,25). The molecule has 5 nitrogen and oxygen atoms in total. The molecule has 0 saturated heterocycles. The first kappa shape index (κ1) is 17.4. The van der Waals surface area contributed by atoms with E-state index < -0.39 is 0 Å². The average Bonchev–Trinajstić information content (AvgIpc) is 2.66. The summed E-state index contributed by atoms with van der Waals surface area (Å²) < 4.78 is 0. The van der Waals surface area contributed by atoms with Crippen molar-refractivity contribution in [1.82, 2.24) is 10.3 Å². The molecule has 3 N–H and O–H groups in total. The molecule has 1 amide bonds. The third-order valence-corrected chi connectivity index (χ3v) is 4.73. The number of nitrogens with one attached hydrogen (secondary N) is 2. The number of aromatic nitrogens is 1. The van der Waals surface area contributed by atoms with Crippen LogP contribution in [-0.4, -0.2) is 28.6 Å². The minimum atomic E-state index is -0.225. The molecule has 1 aromatic carbocycles. The Hall–Kier alpha value is -2.40. The zero-order valence-corrected chi connectivity index (χ0v) is 14.3. The number of anilines is 1. The number of hydrogen-bond donors (Lipinski definition) is 3. The second kappa shape index (κ2) is 8.62. The molecule has 0 radical (unpaired) electrons. The summed E-state index contributed by atoms with van der Waals surface area (Å²) in [6.07, 6.45) is 5.62. The fourth-order valence-corrected chi connectivity index (χ4v) is 3.21. The van der Waals surface area contributed by atoms with Crippen molar-refractivity contribution in [2.45, 2.75) is 38.3 Å². The van der Waals surface area contributed by atoms with E-state index in [4.69, 9.17) is 0 Å². The lowest BCUT2D eigenvalue weighted by atomic mass is 9.86. The summed E-state index contributed by atoms with van der Waals surface area (Å²) in [6.45, 7) is 1.20. The van der Waals surface area contributed by atoms with Gasteiger partial charge in [0.2, 0.25) is 0 Å². The Morgan fingerprint density at radius 2 is 1.96 bits per heavy atom. The number of benzene rings is 1. The van der Waals surface area contributed by atoms with Crippen LogP contribution in [0.25, 0.3) is 0 Å². The van der Waals surface area contributed by atoms with E-state index in [1.54, 1.807) is 12.3 Å². The van der Waals surface area contributed by atoms with Crippen molar-refractivity contribution in [3.05, 3.63) is 59.9 Å². The van der Waals surface area contributed by atoms with Crippen LogP contribution >= 0.6 is 0 Å². The van der Waals surface area contributed by atoms with Gasteiger partial charge < -0.3 is 15.7 Å². The first-order valence-electron chi connectivity index (χ1n) is 8.92. The fourth-order valence-electron chi connectivity index (χ4n) is 3.21. The van der Waals surface area contributed by atoms with E-state index >= 15 is 0 Å². The second-order valence-electron chi connectivity index (χ2n) is 6.59. The van der Waals surface area contributed by atoms with E-state index in [-0.39, 0.29) is 17.9 Å². The molecular formula is C20H25N3O2. The topological polar surface area (TPSA) is 74.2 Å². The molecule has 1 aliphatic carbocycles. The summed E-state index contributed by atoms with van der Waals surface area (Å²) in [5.41, 5.74) is 2.30.